The van der Waals surface area contributed by atoms with Gasteiger partial charge in [-0.25, -0.2) is 0 Å². The second-order valence-electron chi connectivity index (χ2n) is 6.43. The van der Waals surface area contributed by atoms with Crippen LogP contribution in [0.5, 0.6) is 11.5 Å². The fourth-order valence-corrected chi connectivity index (χ4v) is 3.87. The maximum atomic E-state index is 12.8. The summed E-state index contributed by atoms with van der Waals surface area (Å²) < 4.78 is 10.8. The van der Waals surface area contributed by atoms with Crippen molar-refractivity contribution in [3.63, 3.8) is 0 Å². The molecule has 0 aromatic heterocycles. The molecule has 1 N–H and O–H groups in total. The predicted octanol–water partition coefficient (Wildman–Crippen LogP) is 1.09. The Balaban J connectivity index is 1.42. The molecule has 0 radical (unpaired) electrons. The van der Waals surface area contributed by atoms with Crippen molar-refractivity contribution >= 4 is 5.91 Å². The third kappa shape index (κ3) is 2.66. The number of benzene rings is 1. The van der Waals surface area contributed by atoms with E-state index in [4.69, 9.17) is 9.47 Å². The van der Waals surface area contributed by atoms with Crippen molar-refractivity contribution in [1.82, 2.24) is 9.80 Å². The molecule has 2 heterocycles. The highest BCUT2D eigenvalue weighted by atomic mass is 16.7. The highest BCUT2D eigenvalue weighted by Crippen LogP contribution is 2.36. The molecule has 6 nitrogen and oxygen atoms in total. The molecule has 1 saturated heterocycles. The maximum absolute atomic E-state index is 12.8. The third-order valence-corrected chi connectivity index (χ3v) is 5.14. The van der Waals surface area contributed by atoms with Crippen molar-refractivity contribution < 1.29 is 19.4 Å². The number of hydrogen-bond acceptors (Lipinski definition) is 5. The summed E-state index contributed by atoms with van der Waals surface area (Å²) >= 11 is 0. The number of ether oxygens (including phenoxy) is 2. The number of para-hydroxylation sites is 1. The fraction of sp³-hybridized carbons (Fsp3) is 0.588. The minimum atomic E-state index is -0.208. The van der Waals surface area contributed by atoms with Gasteiger partial charge in [0.05, 0.1) is 11.7 Å². The number of fused-ring (bicyclic) bond motifs is 1. The molecule has 1 saturated carbocycles. The van der Waals surface area contributed by atoms with E-state index in [9.17, 15) is 9.90 Å². The second-order valence-corrected chi connectivity index (χ2v) is 6.43. The van der Waals surface area contributed by atoms with Gasteiger partial charge in [-0.15, -0.1) is 0 Å². The van der Waals surface area contributed by atoms with Gasteiger partial charge in [0, 0.05) is 32.2 Å². The lowest BCUT2D eigenvalue weighted by Crippen LogP contribution is -2.53. The second kappa shape index (κ2) is 6.02. The minimum Gasteiger partial charge on any atom is -0.454 e. The van der Waals surface area contributed by atoms with Crippen LogP contribution in [0.25, 0.3) is 0 Å². The Morgan fingerprint density at radius 3 is 2.70 bits per heavy atom. The monoisotopic (exact) mass is 318 g/mol. The standard InChI is InChI=1S/C17H22N2O4/c20-14-5-2-4-13(14)18-7-9-19(10-8-18)17(21)12-3-1-6-15-16(12)23-11-22-15/h1,3,6,13-14,20H,2,4-5,7-11H2/t13-,14+/m0/s1. The molecular weight excluding hydrogens is 296 g/mol. The Kier molecular flexibility index (Phi) is 3.87. The van der Waals surface area contributed by atoms with Crippen LogP contribution in [-0.4, -0.2) is 65.9 Å². The highest BCUT2D eigenvalue weighted by molar-refractivity contribution is 5.98. The van der Waals surface area contributed by atoms with Crippen molar-refractivity contribution in [3.05, 3.63) is 23.8 Å². The van der Waals surface area contributed by atoms with Crippen LogP contribution in [-0.2, 0) is 0 Å². The number of carbonyl (C=O) groups excluding carboxylic acids is 1. The number of aliphatic hydroxyl groups excluding tert-OH is 1. The first-order valence-electron chi connectivity index (χ1n) is 8.34. The van der Waals surface area contributed by atoms with Crippen LogP contribution in [0.15, 0.2) is 18.2 Å². The lowest BCUT2D eigenvalue weighted by molar-refractivity contribution is 0.0314. The molecule has 124 valence electrons. The van der Waals surface area contributed by atoms with E-state index in [2.05, 4.69) is 4.90 Å². The number of nitrogens with zero attached hydrogens (tertiary/aromatic N) is 2. The molecule has 2 fully saturated rings. The van der Waals surface area contributed by atoms with Gasteiger partial charge in [0.2, 0.25) is 6.79 Å². The van der Waals surface area contributed by atoms with Crippen LogP contribution < -0.4 is 9.47 Å². The van der Waals surface area contributed by atoms with Gasteiger partial charge in [-0.1, -0.05) is 6.07 Å². The number of amides is 1. The van der Waals surface area contributed by atoms with Crippen LogP contribution in [0.2, 0.25) is 0 Å². The molecule has 23 heavy (non-hydrogen) atoms. The number of rotatable bonds is 2. The predicted molar refractivity (Wildman–Crippen MR) is 83.7 cm³/mol. The van der Waals surface area contributed by atoms with Gasteiger partial charge in [-0.05, 0) is 31.4 Å². The first kappa shape index (κ1) is 14.8. The van der Waals surface area contributed by atoms with Crippen molar-refractivity contribution in [2.45, 2.75) is 31.4 Å². The lowest BCUT2D eigenvalue weighted by atomic mass is 10.1. The Morgan fingerprint density at radius 1 is 1.13 bits per heavy atom. The average Bonchev–Trinajstić information content (AvgIpc) is 3.22. The van der Waals surface area contributed by atoms with Crippen LogP contribution in [0.4, 0.5) is 0 Å². The molecule has 1 amide bonds. The zero-order chi connectivity index (χ0) is 15.8. The topological polar surface area (TPSA) is 62.2 Å². The van der Waals surface area contributed by atoms with Gasteiger partial charge < -0.3 is 19.5 Å². The van der Waals surface area contributed by atoms with E-state index in [-0.39, 0.29) is 24.8 Å². The van der Waals surface area contributed by atoms with Crippen LogP contribution in [0.1, 0.15) is 29.6 Å². The Bertz CT molecular complexity index is 598. The number of hydrogen-bond donors (Lipinski definition) is 1. The van der Waals surface area contributed by atoms with E-state index in [1.54, 1.807) is 6.07 Å². The molecular formula is C17H22N2O4. The molecule has 2 aliphatic heterocycles. The van der Waals surface area contributed by atoms with Gasteiger partial charge in [-0.2, -0.15) is 0 Å². The summed E-state index contributed by atoms with van der Waals surface area (Å²) in [6, 6.07) is 5.71. The smallest absolute Gasteiger partial charge is 0.257 e. The summed E-state index contributed by atoms with van der Waals surface area (Å²) in [6.45, 7) is 3.19. The van der Waals surface area contributed by atoms with Gasteiger partial charge >= 0.3 is 0 Å². The lowest BCUT2D eigenvalue weighted by Gasteiger charge is -2.39. The third-order valence-electron chi connectivity index (χ3n) is 5.14. The molecule has 1 aromatic rings. The van der Waals surface area contributed by atoms with Crippen molar-refractivity contribution in [3.8, 4) is 11.5 Å². The Morgan fingerprint density at radius 2 is 1.96 bits per heavy atom. The van der Waals surface area contributed by atoms with Crippen LogP contribution in [0.3, 0.4) is 0 Å². The van der Waals surface area contributed by atoms with Gasteiger partial charge in [0.15, 0.2) is 11.5 Å². The fourth-order valence-electron chi connectivity index (χ4n) is 3.87. The molecule has 6 heteroatoms. The number of carbonyl (C=O) groups is 1. The summed E-state index contributed by atoms with van der Waals surface area (Å²) in [5, 5.41) is 10.0. The zero-order valence-electron chi connectivity index (χ0n) is 13.1. The summed E-state index contributed by atoms with van der Waals surface area (Å²) in [6.07, 6.45) is 2.85. The van der Waals surface area contributed by atoms with Crippen molar-refractivity contribution in [2.24, 2.45) is 0 Å². The summed E-state index contributed by atoms with van der Waals surface area (Å²) in [5.41, 5.74) is 0.578. The van der Waals surface area contributed by atoms with Crippen molar-refractivity contribution in [1.29, 1.82) is 0 Å². The first-order chi connectivity index (χ1) is 11.2. The maximum Gasteiger partial charge on any atom is 0.257 e. The highest BCUT2D eigenvalue weighted by Gasteiger charge is 2.34. The SMILES string of the molecule is O=C(c1cccc2c1OCO2)N1CCN([C@H]2CCC[C@H]2O)CC1. The van der Waals surface area contributed by atoms with E-state index in [0.29, 0.717) is 30.2 Å². The summed E-state index contributed by atoms with van der Waals surface area (Å²) in [5.74, 6) is 1.20. The Hall–Kier alpha value is -1.79. The number of piperazine rings is 1. The quantitative estimate of drug-likeness (QED) is 0.884. The molecule has 0 spiro atoms. The molecule has 1 aliphatic carbocycles. The van der Waals surface area contributed by atoms with E-state index in [0.717, 1.165) is 32.4 Å². The summed E-state index contributed by atoms with van der Waals surface area (Å²) in [7, 11) is 0. The minimum absolute atomic E-state index is 0.000953. The molecule has 0 bridgehead atoms. The van der Waals surface area contributed by atoms with Gasteiger partial charge in [0.25, 0.3) is 5.91 Å². The van der Waals surface area contributed by atoms with E-state index in [1.807, 2.05) is 17.0 Å². The largest absolute Gasteiger partial charge is 0.454 e. The number of aliphatic hydroxyl groups is 1. The molecule has 0 unspecified atom stereocenters. The van der Waals surface area contributed by atoms with Gasteiger partial charge in [-0.3, -0.25) is 9.69 Å². The van der Waals surface area contributed by atoms with E-state index < -0.39 is 0 Å². The Labute approximate surface area is 135 Å². The van der Waals surface area contributed by atoms with Crippen LogP contribution >= 0.6 is 0 Å². The zero-order valence-corrected chi connectivity index (χ0v) is 13.1. The molecule has 2 atom stereocenters. The molecule has 4 rings (SSSR count). The average molecular weight is 318 g/mol. The molecule has 3 aliphatic rings. The summed E-state index contributed by atoms with van der Waals surface area (Å²) in [4.78, 5) is 17.0. The van der Waals surface area contributed by atoms with E-state index in [1.165, 1.54) is 0 Å². The van der Waals surface area contributed by atoms with E-state index >= 15 is 0 Å². The van der Waals surface area contributed by atoms with Gasteiger partial charge in [0.1, 0.15) is 0 Å². The van der Waals surface area contributed by atoms with Crippen LogP contribution in [0, 0.1) is 0 Å². The van der Waals surface area contributed by atoms with Crippen molar-refractivity contribution in [2.75, 3.05) is 33.0 Å². The molecule has 1 aromatic carbocycles. The normalized spacial score (nSPS) is 27.4. The first-order valence-corrected chi connectivity index (χ1v) is 8.34.